The van der Waals surface area contributed by atoms with E-state index in [2.05, 4.69) is 27.4 Å². The number of carbonyl (C=O) groups excluding carboxylic acids is 1. The van der Waals surface area contributed by atoms with Gasteiger partial charge in [0.25, 0.3) is 5.91 Å². The Balaban J connectivity index is 1.37. The fraction of sp³-hybridized carbons (Fsp3) is 0.318. The van der Waals surface area contributed by atoms with Crippen LogP contribution in [-0.2, 0) is 0 Å². The number of hydrogen-bond acceptors (Lipinski definition) is 5. The molecule has 0 radical (unpaired) electrons. The van der Waals surface area contributed by atoms with Gasteiger partial charge >= 0.3 is 0 Å². The van der Waals surface area contributed by atoms with Gasteiger partial charge in [0, 0.05) is 36.1 Å². The SMILES string of the molecule is Cc1cc2nc(N3CCC(NC(=O)c4occc4C)CC3)c3ccccc3n2n1. The number of furan rings is 1. The number of aromatic nitrogens is 3. The monoisotopic (exact) mass is 389 g/mol. The van der Waals surface area contributed by atoms with E-state index in [1.54, 1.807) is 6.26 Å². The first-order chi connectivity index (χ1) is 14.1. The lowest BCUT2D eigenvalue weighted by atomic mass is 10.0. The van der Waals surface area contributed by atoms with Crippen molar-refractivity contribution in [3.05, 3.63) is 59.7 Å². The number of fused-ring (bicyclic) bond motifs is 3. The summed E-state index contributed by atoms with van der Waals surface area (Å²) in [6, 6.07) is 12.2. The number of nitrogens with one attached hydrogen (secondary N) is 1. The van der Waals surface area contributed by atoms with E-state index in [1.807, 2.05) is 42.6 Å². The molecule has 1 N–H and O–H groups in total. The maximum Gasteiger partial charge on any atom is 0.287 e. The second-order valence-corrected chi connectivity index (χ2v) is 7.68. The summed E-state index contributed by atoms with van der Waals surface area (Å²) in [5.41, 5.74) is 3.73. The Morgan fingerprint density at radius 2 is 1.97 bits per heavy atom. The van der Waals surface area contributed by atoms with Crippen molar-refractivity contribution >= 4 is 28.3 Å². The van der Waals surface area contributed by atoms with Crippen molar-refractivity contribution in [1.29, 1.82) is 0 Å². The van der Waals surface area contributed by atoms with Gasteiger partial charge in [-0.3, -0.25) is 4.79 Å². The minimum Gasteiger partial charge on any atom is -0.459 e. The molecule has 0 aliphatic carbocycles. The molecule has 1 aliphatic heterocycles. The van der Waals surface area contributed by atoms with Crippen LogP contribution in [0.2, 0.25) is 0 Å². The minimum atomic E-state index is -0.134. The Labute approximate surface area is 168 Å². The lowest BCUT2D eigenvalue weighted by Crippen LogP contribution is -2.45. The summed E-state index contributed by atoms with van der Waals surface area (Å²) >= 11 is 0. The molecule has 148 valence electrons. The first kappa shape index (κ1) is 17.7. The molecule has 7 heteroatoms. The molecule has 0 unspecified atom stereocenters. The highest BCUT2D eigenvalue weighted by Crippen LogP contribution is 2.28. The molecule has 0 bridgehead atoms. The van der Waals surface area contributed by atoms with Crippen LogP contribution in [0.5, 0.6) is 0 Å². The molecule has 1 amide bonds. The average molecular weight is 389 g/mol. The Kier molecular flexibility index (Phi) is 4.23. The van der Waals surface area contributed by atoms with Gasteiger partial charge < -0.3 is 14.6 Å². The molecule has 29 heavy (non-hydrogen) atoms. The smallest absolute Gasteiger partial charge is 0.287 e. The van der Waals surface area contributed by atoms with Crippen LogP contribution in [0, 0.1) is 13.8 Å². The van der Waals surface area contributed by atoms with Gasteiger partial charge in [-0.15, -0.1) is 0 Å². The molecule has 4 aromatic rings. The lowest BCUT2D eigenvalue weighted by molar-refractivity contribution is 0.0902. The molecule has 5 rings (SSSR count). The molecule has 7 nitrogen and oxygen atoms in total. The Morgan fingerprint density at radius 1 is 1.17 bits per heavy atom. The van der Waals surface area contributed by atoms with Crippen LogP contribution >= 0.6 is 0 Å². The number of para-hydroxylation sites is 1. The highest BCUT2D eigenvalue weighted by Gasteiger charge is 2.25. The van der Waals surface area contributed by atoms with E-state index in [1.165, 1.54) is 0 Å². The summed E-state index contributed by atoms with van der Waals surface area (Å²) in [6.07, 6.45) is 3.29. The van der Waals surface area contributed by atoms with E-state index < -0.39 is 0 Å². The normalized spacial score (nSPS) is 15.3. The molecule has 0 atom stereocenters. The van der Waals surface area contributed by atoms with Crippen molar-refractivity contribution in [1.82, 2.24) is 19.9 Å². The maximum absolute atomic E-state index is 12.4. The van der Waals surface area contributed by atoms with Crippen molar-refractivity contribution in [2.24, 2.45) is 0 Å². The van der Waals surface area contributed by atoms with Crippen LogP contribution in [-0.4, -0.2) is 39.6 Å². The molecular formula is C22H23N5O2. The molecule has 1 fully saturated rings. The average Bonchev–Trinajstić information content (AvgIpc) is 3.33. The standard InChI is InChI=1S/C22H23N5O2/c1-14-9-12-29-20(14)22(28)23-16-7-10-26(11-8-16)21-17-5-3-4-6-18(17)27-19(24-21)13-15(2)25-27/h3-6,9,12-13,16H,7-8,10-11H2,1-2H3,(H,23,28). The van der Waals surface area contributed by atoms with Crippen molar-refractivity contribution < 1.29 is 9.21 Å². The summed E-state index contributed by atoms with van der Waals surface area (Å²) in [6.45, 7) is 5.54. The number of benzene rings is 1. The molecule has 4 heterocycles. The Morgan fingerprint density at radius 3 is 2.72 bits per heavy atom. The number of piperidine rings is 1. The van der Waals surface area contributed by atoms with Gasteiger partial charge in [-0.25, -0.2) is 9.50 Å². The lowest BCUT2D eigenvalue weighted by Gasteiger charge is -2.33. The third kappa shape index (κ3) is 3.12. The van der Waals surface area contributed by atoms with E-state index in [4.69, 9.17) is 9.40 Å². The zero-order valence-corrected chi connectivity index (χ0v) is 16.6. The first-order valence-electron chi connectivity index (χ1n) is 9.95. The second-order valence-electron chi connectivity index (χ2n) is 7.68. The first-order valence-corrected chi connectivity index (χ1v) is 9.95. The number of nitrogens with zero attached hydrogens (tertiary/aromatic N) is 4. The van der Waals surface area contributed by atoms with Gasteiger partial charge in [-0.05, 0) is 44.9 Å². The van der Waals surface area contributed by atoms with Crippen molar-refractivity contribution in [3.63, 3.8) is 0 Å². The van der Waals surface area contributed by atoms with Gasteiger partial charge in [-0.1, -0.05) is 12.1 Å². The zero-order chi connectivity index (χ0) is 20.0. The van der Waals surface area contributed by atoms with Crippen LogP contribution in [0.4, 0.5) is 5.82 Å². The molecule has 1 aromatic carbocycles. The van der Waals surface area contributed by atoms with E-state index in [0.717, 1.165) is 59.6 Å². The van der Waals surface area contributed by atoms with E-state index in [9.17, 15) is 4.79 Å². The molecule has 1 aliphatic rings. The Bertz CT molecular complexity index is 1200. The summed E-state index contributed by atoms with van der Waals surface area (Å²) in [4.78, 5) is 19.7. The minimum absolute atomic E-state index is 0.134. The van der Waals surface area contributed by atoms with Gasteiger partial charge in [-0.2, -0.15) is 5.10 Å². The fourth-order valence-electron chi connectivity index (χ4n) is 4.09. The number of rotatable bonds is 3. The highest BCUT2D eigenvalue weighted by molar-refractivity contribution is 5.93. The van der Waals surface area contributed by atoms with Crippen LogP contribution in [0.25, 0.3) is 16.6 Å². The van der Waals surface area contributed by atoms with Crippen LogP contribution in [0.3, 0.4) is 0 Å². The Hall–Kier alpha value is -3.35. The summed E-state index contributed by atoms with van der Waals surface area (Å²) < 4.78 is 7.22. The maximum atomic E-state index is 12.4. The fourth-order valence-corrected chi connectivity index (χ4v) is 4.09. The largest absolute Gasteiger partial charge is 0.459 e. The van der Waals surface area contributed by atoms with Crippen molar-refractivity contribution in [3.8, 4) is 0 Å². The number of aryl methyl sites for hydroxylation is 2. The molecule has 1 saturated heterocycles. The van der Waals surface area contributed by atoms with E-state index in [-0.39, 0.29) is 11.9 Å². The van der Waals surface area contributed by atoms with Crippen LogP contribution < -0.4 is 10.2 Å². The number of anilines is 1. The zero-order valence-electron chi connectivity index (χ0n) is 16.6. The van der Waals surface area contributed by atoms with Crippen molar-refractivity contribution in [2.75, 3.05) is 18.0 Å². The van der Waals surface area contributed by atoms with Gasteiger partial charge in [0.05, 0.1) is 17.5 Å². The third-order valence-corrected chi connectivity index (χ3v) is 5.60. The number of hydrogen-bond donors (Lipinski definition) is 1. The number of amides is 1. The summed E-state index contributed by atoms with van der Waals surface area (Å²) in [5.74, 6) is 1.26. The quantitative estimate of drug-likeness (QED) is 0.580. The van der Waals surface area contributed by atoms with Gasteiger partial charge in [0.2, 0.25) is 0 Å². The third-order valence-electron chi connectivity index (χ3n) is 5.60. The highest BCUT2D eigenvalue weighted by atomic mass is 16.3. The predicted octanol–water partition coefficient (Wildman–Crippen LogP) is 3.49. The second kappa shape index (κ2) is 6.92. The predicted molar refractivity (Wildman–Crippen MR) is 111 cm³/mol. The molecule has 3 aromatic heterocycles. The van der Waals surface area contributed by atoms with Gasteiger partial charge in [0.1, 0.15) is 5.82 Å². The van der Waals surface area contributed by atoms with Gasteiger partial charge in [0.15, 0.2) is 11.4 Å². The molecular weight excluding hydrogens is 366 g/mol. The molecule has 0 spiro atoms. The van der Waals surface area contributed by atoms with Crippen LogP contribution in [0.15, 0.2) is 47.1 Å². The topological polar surface area (TPSA) is 75.7 Å². The molecule has 0 saturated carbocycles. The summed E-state index contributed by atoms with van der Waals surface area (Å²) in [7, 11) is 0. The summed E-state index contributed by atoms with van der Waals surface area (Å²) in [5, 5.41) is 8.79. The number of carbonyl (C=O) groups is 1. The van der Waals surface area contributed by atoms with Crippen molar-refractivity contribution in [2.45, 2.75) is 32.7 Å². The van der Waals surface area contributed by atoms with E-state index >= 15 is 0 Å². The van der Waals surface area contributed by atoms with E-state index in [0.29, 0.717) is 5.76 Å². The van der Waals surface area contributed by atoms with Crippen LogP contribution in [0.1, 0.15) is 34.7 Å².